The van der Waals surface area contributed by atoms with Crippen LogP contribution in [0.5, 0.6) is 0 Å². The Morgan fingerprint density at radius 3 is 2.40 bits per heavy atom. The van der Waals surface area contributed by atoms with Crippen LogP contribution in [0.3, 0.4) is 0 Å². The molecule has 0 saturated carbocycles. The number of nitrogens with zero attached hydrogens (tertiary/aromatic N) is 1. The van der Waals surface area contributed by atoms with Crippen molar-refractivity contribution in [3.8, 4) is 0 Å². The zero-order valence-corrected chi connectivity index (χ0v) is 12.5. The van der Waals surface area contributed by atoms with Gasteiger partial charge in [-0.2, -0.15) is 0 Å². The van der Waals surface area contributed by atoms with Crippen LogP contribution in [0.2, 0.25) is 0 Å². The molecule has 0 spiro atoms. The van der Waals surface area contributed by atoms with Gasteiger partial charge in [-0.3, -0.25) is 4.98 Å². The molecule has 3 rings (SSSR count). The average molecular weight is 272 g/mol. The fraction of sp³-hybridized carbons (Fsp3) is 0.533. The summed E-state index contributed by atoms with van der Waals surface area (Å²) in [6.07, 6.45) is 3.89. The Morgan fingerprint density at radius 1 is 1.25 bits per heavy atom. The van der Waals surface area contributed by atoms with Gasteiger partial charge in [-0.15, -0.1) is 0 Å². The molecular formula is C15H21BN2O2. The van der Waals surface area contributed by atoms with Crippen LogP contribution in [0.25, 0.3) is 6.08 Å². The highest BCUT2D eigenvalue weighted by atomic mass is 16.7. The maximum absolute atomic E-state index is 5.92. The van der Waals surface area contributed by atoms with E-state index in [-0.39, 0.29) is 18.3 Å². The first-order valence-corrected chi connectivity index (χ1v) is 7.11. The molecule has 2 saturated heterocycles. The molecule has 0 aromatic carbocycles. The second-order valence-corrected chi connectivity index (χ2v) is 6.46. The highest BCUT2D eigenvalue weighted by Gasteiger charge is 2.49. The van der Waals surface area contributed by atoms with Gasteiger partial charge in [0.1, 0.15) is 0 Å². The van der Waals surface area contributed by atoms with Crippen molar-refractivity contribution in [1.29, 1.82) is 0 Å². The number of hydrogen-bond acceptors (Lipinski definition) is 4. The highest BCUT2D eigenvalue weighted by molar-refractivity contribution is 6.52. The monoisotopic (exact) mass is 272 g/mol. The van der Waals surface area contributed by atoms with Gasteiger partial charge in [-0.05, 0) is 39.3 Å². The maximum Gasteiger partial charge on any atom is 0.487 e. The van der Waals surface area contributed by atoms with E-state index in [1.54, 1.807) is 0 Å². The van der Waals surface area contributed by atoms with Crippen molar-refractivity contribution in [2.45, 2.75) is 44.9 Å². The fourth-order valence-electron chi connectivity index (χ4n) is 2.15. The lowest BCUT2D eigenvalue weighted by Gasteiger charge is -2.32. The summed E-state index contributed by atoms with van der Waals surface area (Å²) in [6, 6.07) is 4.59. The number of pyridine rings is 1. The number of nitrogens with one attached hydrogen (secondary N) is 1. The van der Waals surface area contributed by atoms with Crippen molar-refractivity contribution < 1.29 is 9.31 Å². The third-order valence-electron chi connectivity index (χ3n) is 4.29. The van der Waals surface area contributed by atoms with Crippen molar-refractivity contribution in [2.24, 2.45) is 0 Å². The Labute approximate surface area is 120 Å². The lowest BCUT2D eigenvalue weighted by atomic mass is 9.89. The zero-order chi connectivity index (χ0) is 14.4. The molecule has 4 nitrogen and oxygen atoms in total. The molecule has 0 unspecified atom stereocenters. The summed E-state index contributed by atoms with van der Waals surface area (Å²) in [4.78, 5) is 4.45. The summed E-state index contributed by atoms with van der Waals surface area (Å²) in [7, 11) is -0.301. The van der Waals surface area contributed by atoms with E-state index in [0.29, 0.717) is 6.04 Å². The lowest BCUT2D eigenvalue weighted by Crippen LogP contribution is -2.41. The molecule has 1 N–H and O–H groups in total. The van der Waals surface area contributed by atoms with Gasteiger partial charge in [0.15, 0.2) is 0 Å². The van der Waals surface area contributed by atoms with E-state index in [2.05, 4.69) is 50.1 Å². The van der Waals surface area contributed by atoms with Gasteiger partial charge >= 0.3 is 7.12 Å². The van der Waals surface area contributed by atoms with Gasteiger partial charge in [-0.1, -0.05) is 18.1 Å². The summed E-state index contributed by atoms with van der Waals surface area (Å²) in [6.45, 7) is 9.26. The molecular weight excluding hydrogens is 251 g/mol. The third kappa shape index (κ3) is 2.66. The molecule has 1 atom stereocenters. The lowest BCUT2D eigenvalue weighted by molar-refractivity contribution is 0.00578. The van der Waals surface area contributed by atoms with Crippen LogP contribution in [-0.4, -0.2) is 29.8 Å². The molecule has 1 aromatic rings. The number of aromatic nitrogens is 1. The molecule has 106 valence electrons. The van der Waals surface area contributed by atoms with Crippen molar-refractivity contribution in [1.82, 2.24) is 10.3 Å². The zero-order valence-electron chi connectivity index (χ0n) is 12.5. The highest BCUT2D eigenvalue weighted by Crippen LogP contribution is 2.37. The molecule has 0 bridgehead atoms. The van der Waals surface area contributed by atoms with Crippen LogP contribution in [0.1, 0.15) is 45.0 Å². The van der Waals surface area contributed by atoms with Crippen LogP contribution in [-0.2, 0) is 9.31 Å². The summed E-state index contributed by atoms with van der Waals surface area (Å²) in [5.41, 5.74) is 1.59. The summed E-state index contributed by atoms with van der Waals surface area (Å²) in [5.74, 6) is 1.95. The molecule has 0 aliphatic carbocycles. The summed E-state index contributed by atoms with van der Waals surface area (Å²) >= 11 is 0. The Morgan fingerprint density at radius 2 is 1.90 bits per heavy atom. The van der Waals surface area contributed by atoms with Crippen LogP contribution < -0.4 is 5.32 Å². The summed E-state index contributed by atoms with van der Waals surface area (Å²) in [5, 5.41) is 3.24. The first kappa shape index (κ1) is 13.8. The largest absolute Gasteiger partial charge is 0.487 e. The fourth-order valence-corrected chi connectivity index (χ4v) is 2.15. The second kappa shape index (κ2) is 4.69. The van der Waals surface area contributed by atoms with Crippen LogP contribution in [0.15, 0.2) is 24.3 Å². The van der Waals surface area contributed by atoms with Gasteiger partial charge in [0.25, 0.3) is 0 Å². The SMILES string of the molecule is CC1(C)OB(/C=C/c2ccc([C@@H]3CN3)nc2)OC1(C)C. The molecule has 0 amide bonds. The van der Waals surface area contributed by atoms with E-state index >= 15 is 0 Å². The normalized spacial score (nSPS) is 27.2. The standard InChI is InChI=1S/C15H21BN2O2/c1-14(2)15(3,4)20-16(19-14)8-7-11-5-6-12(17-9-11)13-10-18-13/h5-9,13,18H,10H2,1-4H3/b8-7+/t13-/m0/s1. The Bertz CT molecular complexity index is 505. The Hall–Kier alpha value is -1.17. The summed E-state index contributed by atoms with van der Waals surface area (Å²) < 4.78 is 11.8. The van der Waals surface area contributed by atoms with E-state index in [9.17, 15) is 0 Å². The topological polar surface area (TPSA) is 53.3 Å². The first-order chi connectivity index (χ1) is 9.37. The molecule has 2 aliphatic rings. The number of hydrogen-bond donors (Lipinski definition) is 1. The first-order valence-electron chi connectivity index (χ1n) is 7.11. The van der Waals surface area contributed by atoms with Gasteiger partial charge < -0.3 is 14.6 Å². The van der Waals surface area contributed by atoms with Crippen LogP contribution in [0.4, 0.5) is 0 Å². The van der Waals surface area contributed by atoms with E-state index in [4.69, 9.17) is 9.31 Å². The smallest absolute Gasteiger partial charge is 0.400 e. The predicted molar refractivity (Wildman–Crippen MR) is 80.1 cm³/mol. The average Bonchev–Trinajstić information content (AvgIpc) is 3.17. The third-order valence-corrected chi connectivity index (χ3v) is 4.29. The van der Waals surface area contributed by atoms with Crippen molar-refractivity contribution in [3.05, 3.63) is 35.6 Å². The molecule has 1 aromatic heterocycles. The molecule has 2 aliphatic heterocycles. The minimum atomic E-state index is -0.301. The van der Waals surface area contributed by atoms with Gasteiger partial charge in [-0.25, -0.2) is 0 Å². The molecule has 2 fully saturated rings. The van der Waals surface area contributed by atoms with Crippen LogP contribution >= 0.6 is 0 Å². The van der Waals surface area contributed by atoms with E-state index in [0.717, 1.165) is 17.8 Å². The van der Waals surface area contributed by atoms with E-state index < -0.39 is 0 Å². The Balaban J connectivity index is 1.65. The minimum Gasteiger partial charge on any atom is -0.400 e. The minimum absolute atomic E-state index is 0.290. The molecule has 5 heteroatoms. The van der Waals surface area contributed by atoms with Gasteiger partial charge in [0, 0.05) is 12.7 Å². The van der Waals surface area contributed by atoms with Gasteiger partial charge in [0.2, 0.25) is 0 Å². The van der Waals surface area contributed by atoms with Crippen LogP contribution in [0, 0.1) is 0 Å². The molecule has 20 heavy (non-hydrogen) atoms. The van der Waals surface area contributed by atoms with Crippen molar-refractivity contribution >= 4 is 13.2 Å². The second-order valence-electron chi connectivity index (χ2n) is 6.46. The Kier molecular flexibility index (Phi) is 3.24. The van der Waals surface area contributed by atoms with Crippen molar-refractivity contribution in [2.75, 3.05) is 6.54 Å². The van der Waals surface area contributed by atoms with Crippen molar-refractivity contribution in [3.63, 3.8) is 0 Å². The quantitative estimate of drug-likeness (QED) is 0.678. The van der Waals surface area contributed by atoms with Gasteiger partial charge in [0.05, 0.1) is 22.9 Å². The molecule has 0 radical (unpaired) electrons. The predicted octanol–water partition coefficient (Wildman–Crippen LogP) is 2.37. The molecule has 3 heterocycles. The van der Waals surface area contributed by atoms with E-state index in [1.165, 1.54) is 0 Å². The number of rotatable bonds is 3. The maximum atomic E-state index is 5.92. The van der Waals surface area contributed by atoms with E-state index in [1.807, 2.05) is 18.2 Å².